The van der Waals surface area contributed by atoms with E-state index in [1.165, 1.54) is 6.92 Å². The van der Waals surface area contributed by atoms with Gasteiger partial charge in [0, 0.05) is 0 Å². The van der Waals surface area contributed by atoms with E-state index in [4.69, 9.17) is 9.52 Å². The van der Waals surface area contributed by atoms with Crippen LogP contribution in [-0.4, -0.2) is 16.1 Å². The van der Waals surface area contributed by atoms with Gasteiger partial charge in [-0.15, -0.1) is 0 Å². The minimum Gasteiger partial charge on any atom is -0.475 e. The number of halogens is 4. The first kappa shape index (κ1) is 14.0. The molecule has 20 heavy (non-hydrogen) atoms. The van der Waals surface area contributed by atoms with Crippen molar-refractivity contribution in [3.63, 3.8) is 0 Å². The Kier molecular flexibility index (Phi) is 3.24. The number of hydrogen-bond donors (Lipinski definition) is 1. The number of rotatable bonds is 2. The first-order valence-electron chi connectivity index (χ1n) is 5.28. The van der Waals surface area contributed by atoms with Crippen molar-refractivity contribution in [2.45, 2.75) is 13.1 Å². The molecular formula is C12H7F4NO3. The van der Waals surface area contributed by atoms with E-state index in [0.717, 1.165) is 0 Å². The molecule has 0 spiro atoms. The van der Waals surface area contributed by atoms with Crippen molar-refractivity contribution in [1.82, 2.24) is 4.98 Å². The molecule has 0 atom stereocenters. The summed E-state index contributed by atoms with van der Waals surface area (Å²) in [6, 6.07) is 1.72. The Bertz CT molecular complexity index is 676. The van der Waals surface area contributed by atoms with Gasteiger partial charge < -0.3 is 9.52 Å². The summed E-state index contributed by atoms with van der Waals surface area (Å²) in [5, 5.41) is 8.77. The normalized spacial score (nSPS) is 11.7. The third kappa shape index (κ3) is 2.49. The Labute approximate surface area is 109 Å². The van der Waals surface area contributed by atoms with Crippen LogP contribution in [0.3, 0.4) is 0 Å². The number of carboxylic acid groups (broad SMARTS) is 1. The molecule has 0 radical (unpaired) electrons. The van der Waals surface area contributed by atoms with Gasteiger partial charge in [0.15, 0.2) is 0 Å². The fourth-order valence-electron chi connectivity index (χ4n) is 1.58. The number of carbonyl (C=O) groups is 1. The zero-order valence-electron chi connectivity index (χ0n) is 9.95. The predicted octanol–water partition coefficient (Wildman–Crippen LogP) is 3.51. The highest BCUT2D eigenvalue weighted by Crippen LogP contribution is 2.33. The molecule has 0 saturated heterocycles. The number of oxazole rings is 1. The Morgan fingerprint density at radius 3 is 2.50 bits per heavy atom. The molecule has 0 aliphatic carbocycles. The smallest absolute Gasteiger partial charge is 0.416 e. The molecule has 0 fully saturated rings. The van der Waals surface area contributed by atoms with Crippen molar-refractivity contribution in [2.75, 3.05) is 0 Å². The van der Waals surface area contributed by atoms with E-state index >= 15 is 0 Å². The maximum atomic E-state index is 13.6. The van der Waals surface area contributed by atoms with Crippen LogP contribution in [-0.2, 0) is 6.18 Å². The van der Waals surface area contributed by atoms with Gasteiger partial charge in [0.05, 0.1) is 16.8 Å². The Morgan fingerprint density at radius 2 is 2.00 bits per heavy atom. The molecule has 106 valence electrons. The molecule has 2 rings (SSSR count). The molecule has 0 unspecified atom stereocenters. The Morgan fingerprint density at radius 1 is 1.35 bits per heavy atom. The van der Waals surface area contributed by atoms with E-state index < -0.39 is 40.7 Å². The zero-order chi connectivity index (χ0) is 15.1. The van der Waals surface area contributed by atoms with Crippen LogP contribution in [0.1, 0.15) is 21.8 Å². The minimum absolute atomic E-state index is 0.0516. The lowest BCUT2D eigenvalue weighted by Gasteiger charge is -2.07. The monoisotopic (exact) mass is 289 g/mol. The maximum Gasteiger partial charge on any atom is 0.416 e. The minimum atomic E-state index is -4.65. The summed E-state index contributed by atoms with van der Waals surface area (Å²) >= 11 is 0. The first-order valence-corrected chi connectivity index (χ1v) is 5.28. The SMILES string of the molecule is Cc1nc(-c2cc(C(F)(F)F)ccc2F)oc1C(=O)O. The Hall–Kier alpha value is -2.38. The Balaban J connectivity index is 2.57. The second-order valence-electron chi connectivity index (χ2n) is 3.93. The number of carboxylic acids is 1. The van der Waals surface area contributed by atoms with Crippen LogP contribution in [0.4, 0.5) is 17.6 Å². The van der Waals surface area contributed by atoms with Crippen molar-refractivity contribution in [3.05, 3.63) is 41.0 Å². The van der Waals surface area contributed by atoms with Crippen molar-refractivity contribution in [3.8, 4) is 11.5 Å². The van der Waals surface area contributed by atoms with Gasteiger partial charge >= 0.3 is 12.1 Å². The van der Waals surface area contributed by atoms with Gasteiger partial charge in [-0.1, -0.05) is 0 Å². The van der Waals surface area contributed by atoms with Crippen molar-refractivity contribution < 1.29 is 31.9 Å². The number of aromatic carboxylic acids is 1. The number of hydrogen-bond acceptors (Lipinski definition) is 3. The van der Waals surface area contributed by atoms with E-state index in [0.29, 0.717) is 18.2 Å². The third-order valence-corrected chi connectivity index (χ3v) is 2.51. The second kappa shape index (κ2) is 4.62. The summed E-state index contributed by atoms with van der Waals surface area (Å²) in [5.41, 5.74) is -1.68. The summed E-state index contributed by atoms with van der Waals surface area (Å²) in [5.74, 6) is -3.48. The van der Waals surface area contributed by atoms with Gasteiger partial charge in [-0.25, -0.2) is 14.2 Å². The topological polar surface area (TPSA) is 63.3 Å². The molecule has 1 N–H and O–H groups in total. The van der Waals surface area contributed by atoms with Crippen molar-refractivity contribution in [2.24, 2.45) is 0 Å². The molecule has 0 amide bonds. The second-order valence-corrected chi connectivity index (χ2v) is 3.93. The van der Waals surface area contributed by atoms with Gasteiger partial charge in [0.25, 0.3) is 0 Å². The maximum absolute atomic E-state index is 13.6. The van der Waals surface area contributed by atoms with Crippen molar-refractivity contribution in [1.29, 1.82) is 0 Å². The number of aryl methyl sites for hydroxylation is 1. The highest BCUT2D eigenvalue weighted by molar-refractivity contribution is 5.86. The van der Waals surface area contributed by atoms with E-state index in [-0.39, 0.29) is 5.69 Å². The van der Waals surface area contributed by atoms with Crippen LogP contribution in [0.25, 0.3) is 11.5 Å². The largest absolute Gasteiger partial charge is 0.475 e. The van der Waals surface area contributed by atoms with E-state index in [9.17, 15) is 22.4 Å². The predicted molar refractivity (Wildman–Crippen MR) is 58.6 cm³/mol. The van der Waals surface area contributed by atoms with Crippen LogP contribution in [0.15, 0.2) is 22.6 Å². The van der Waals surface area contributed by atoms with Gasteiger partial charge in [0.2, 0.25) is 11.7 Å². The fraction of sp³-hybridized carbons (Fsp3) is 0.167. The number of alkyl halides is 3. The summed E-state index contributed by atoms with van der Waals surface area (Å²) in [7, 11) is 0. The average molecular weight is 289 g/mol. The molecule has 2 aromatic rings. The standard InChI is InChI=1S/C12H7F4NO3/c1-5-9(11(18)19)20-10(17-5)7-4-6(12(14,15)16)2-3-8(7)13/h2-4H,1H3,(H,18,19). The molecule has 0 aliphatic heterocycles. The molecule has 0 aliphatic rings. The lowest BCUT2D eigenvalue weighted by Crippen LogP contribution is -2.05. The lowest BCUT2D eigenvalue weighted by atomic mass is 10.1. The third-order valence-electron chi connectivity index (χ3n) is 2.51. The molecule has 0 bridgehead atoms. The first-order chi connectivity index (χ1) is 9.20. The summed E-state index contributed by atoms with van der Waals surface area (Å²) in [6.45, 7) is 1.29. The van der Waals surface area contributed by atoms with Gasteiger partial charge in [-0.3, -0.25) is 0 Å². The van der Waals surface area contributed by atoms with Crippen molar-refractivity contribution >= 4 is 5.97 Å². The molecule has 4 nitrogen and oxygen atoms in total. The number of nitrogens with zero attached hydrogens (tertiary/aromatic N) is 1. The zero-order valence-corrected chi connectivity index (χ0v) is 9.95. The van der Waals surface area contributed by atoms with Gasteiger partial charge in [0.1, 0.15) is 5.82 Å². The number of benzene rings is 1. The molecular weight excluding hydrogens is 282 g/mol. The molecule has 1 aromatic heterocycles. The highest BCUT2D eigenvalue weighted by atomic mass is 19.4. The van der Waals surface area contributed by atoms with Crippen LogP contribution >= 0.6 is 0 Å². The average Bonchev–Trinajstić information content (AvgIpc) is 2.70. The van der Waals surface area contributed by atoms with Crippen LogP contribution in [0, 0.1) is 12.7 Å². The van der Waals surface area contributed by atoms with Crippen LogP contribution in [0.2, 0.25) is 0 Å². The summed E-state index contributed by atoms with van der Waals surface area (Å²) < 4.78 is 56.0. The lowest BCUT2D eigenvalue weighted by molar-refractivity contribution is -0.137. The summed E-state index contributed by atoms with van der Waals surface area (Å²) in [4.78, 5) is 14.4. The fourth-order valence-corrected chi connectivity index (χ4v) is 1.58. The summed E-state index contributed by atoms with van der Waals surface area (Å²) in [6.07, 6.45) is -4.65. The van der Waals surface area contributed by atoms with Crippen LogP contribution in [0.5, 0.6) is 0 Å². The van der Waals surface area contributed by atoms with E-state index in [1.807, 2.05) is 0 Å². The molecule has 0 saturated carbocycles. The van der Waals surface area contributed by atoms with Gasteiger partial charge in [-0.05, 0) is 25.1 Å². The molecule has 1 aromatic carbocycles. The van der Waals surface area contributed by atoms with Crippen LogP contribution < -0.4 is 0 Å². The van der Waals surface area contributed by atoms with Gasteiger partial charge in [-0.2, -0.15) is 13.2 Å². The quantitative estimate of drug-likeness (QED) is 0.859. The highest BCUT2D eigenvalue weighted by Gasteiger charge is 2.32. The van der Waals surface area contributed by atoms with E-state index in [2.05, 4.69) is 4.98 Å². The number of aromatic nitrogens is 1. The molecule has 1 heterocycles. The van der Waals surface area contributed by atoms with E-state index in [1.54, 1.807) is 0 Å². The molecule has 8 heteroatoms.